The van der Waals surface area contributed by atoms with Crippen LogP contribution in [0.3, 0.4) is 0 Å². The summed E-state index contributed by atoms with van der Waals surface area (Å²) in [5.74, 6) is 1.38. The van der Waals surface area contributed by atoms with E-state index >= 15 is 0 Å². The lowest BCUT2D eigenvalue weighted by Crippen LogP contribution is -2.32. The van der Waals surface area contributed by atoms with Gasteiger partial charge in [0, 0.05) is 10.1 Å². The number of furan rings is 1. The molecule has 0 spiro atoms. The molecule has 140 valence electrons. The van der Waals surface area contributed by atoms with Gasteiger partial charge in [-0.15, -0.1) is 11.3 Å². The molecule has 1 amide bonds. The minimum atomic E-state index is -0.107. The maximum Gasteiger partial charge on any atom is 0.257 e. The Morgan fingerprint density at radius 3 is 2.66 bits per heavy atom. The van der Waals surface area contributed by atoms with Crippen molar-refractivity contribution in [1.29, 1.82) is 0 Å². The van der Waals surface area contributed by atoms with Crippen molar-refractivity contribution >= 4 is 38.3 Å². The number of benzene rings is 3. The summed E-state index contributed by atoms with van der Waals surface area (Å²) in [6, 6.07) is 24.4. The molecular formula is C24H15NO3S. The van der Waals surface area contributed by atoms with E-state index in [2.05, 4.69) is 41.7 Å². The monoisotopic (exact) mass is 397 g/mol. The van der Waals surface area contributed by atoms with Crippen molar-refractivity contribution in [3.8, 4) is 27.5 Å². The van der Waals surface area contributed by atoms with Gasteiger partial charge in [-0.3, -0.25) is 4.79 Å². The Labute approximate surface area is 170 Å². The Morgan fingerprint density at radius 2 is 1.72 bits per heavy atom. The second-order valence-corrected chi connectivity index (χ2v) is 8.10. The third kappa shape index (κ3) is 2.70. The smallest absolute Gasteiger partial charge is 0.257 e. The molecule has 6 rings (SSSR count). The molecule has 0 saturated heterocycles. The van der Waals surface area contributed by atoms with E-state index in [0.717, 1.165) is 32.7 Å². The van der Waals surface area contributed by atoms with Crippen LogP contribution in [0.15, 0.2) is 77.2 Å². The van der Waals surface area contributed by atoms with Gasteiger partial charge in [0.05, 0.1) is 10.4 Å². The Balaban J connectivity index is 1.42. The fourth-order valence-corrected chi connectivity index (χ4v) is 4.75. The molecule has 3 heterocycles. The molecule has 0 fully saturated rings. The summed E-state index contributed by atoms with van der Waals surface area (Å²) in [4.78, 5) is 13.2. The van der Waals surface area contributed by atoms with Crippen LogP contribution in [-0.4, -0.2) is 12.6 Å². The zero-order valence-electron chi connectivity index (χ0n) is 15.3. The van der Waals surface area contributed by atoms with E-state index < -0.39 is 0 Å². The van der Waals surface area contributed by atoms with Crippen molar-refractivity contribution in [2.24, 2.45) is 0 Å². The van der Waals surface area contributed by atoms with Gasteiger partial charge in [-0.2, -0.15) is 0 Å². The normalized spacial score (nSPS) is 13.3. The molecule has 4 nitrogen and oxygen atoms in total. The molecular weight excluding hydrogens is 382 g/mol. The number of rotatable bonds is 2. The number of ether oxygens (including phenoxy) is 1. The maximum atomic E-state index is 12.1. The van der Waals surface area contributed by atoms with Crippen LogP contribution in [0.1, 0.15) is 10.4 Å². The summed E-state index contributed by atoms with van der Waals surface area (Å²) in [5.41, 5.74) is 3.41. The molecule has 0 bridgehead atoms. The number of thiophene rings is 1. The molecule has 2 aromatic heterocycles. The van der Waals surface area contributed by atoms with Gasteiger partial charge < -0.3 is 14.5 Å². The molecule has 0 saturated carbocycles. The first-order valence-corrected chi connectivity index (χ1v) is 10.1. The van der Waals surface area contributed by atoms with Gasteiger partial charge in [-0.25, -0.2) is 0 Å². The van der Waals surface area contributed by atoms with E-state index in [-0.39, 0.29) is 12.6 Å². The van der Waals surface area contributed by atoms with Crippen molar-refractivity contribution in [2.75, 3.05) is 6.73 Å². The SMILES string of the molecule is O=C1NCOc2ccc(-c3ccc4oc(-c5cc6ccccc6s5)cc4c3)cc21. The summed E-state index contributed by atoms with van der Waals surface area (Å²) in [6.07, 6.45) is 0. The Hall–Kier alpha value is -3.57. The van der Waals surface area contributed by atoms with E-state index in [1.807, 2.05) is 36.4 Å². The van der Waals surface area contributed by atoms with Crippen molar-refractivity contribution in [3.63, 3.8) is 0 Å². The number of nitrogens with one attached hydrogen (secondary N) is 1. The highest BCUT2D eigenvalue weighted by Gasteiger charge is 2.18. The second kappa shape index (κ2) is 6.22. The zero-order chi connectivity index (χ0) is 19.4. The van der Waals surface area contributed by atoms with Crippen LogP contribution in [0.2, 0.25) is 0 Å². The average molecular weight is 397 g/mol. The lowest BCUT2D eigenvalue weighted by atomic mass is 10.0. The van der Waals surface area contributed by atoms with Gasteiger partial charge in [-0.1, -0.05) is 30.3 Å². The molecule has 5 heteroatoms. The van der Waals surface area contributed by atoms with Crippen LogP contribution in [0.25, 0.3) is 42.8 Å². The molecule has 0 atom stereocenters. The number of hydrogen-bond acceptors (Lipinski definition) is 4. The van der Waals surface area contributed by atoms with Gasteiger partial charge in [0.25, 0.3) is 5.91 Å². The minimum Gasteiger partial charge on any atom is -0.472 e. The fourth-order valence-electron chi connectivity index (χ4n) is 3.74. The number of fused-ring (bicyclic) bond motifs is 3. The Kier molecular flexibility index (Phi) is 3.52. The van der Waals surface area contributed by atoms with E-state index in [0.29, 0.717) is 11.3 Å². The first kappa shape index (κ1) is 16.4. The molecule has 0 unspecified atom stereocenters. The Morgan fingerprint density at radius 1 is 0.862 bits per heavy atom. The van der Waals surface area contributed by atoms with E-state index in [1.165, 1.54) is 10.1 Å². The average Bonchev–Trinajstić information content (AvgIpc) is 3.37. The van der Waals surface area contributed by atoms with Gasteiger partial charge >= 0.3 is 0 Å². The summed E-state index contributed by atoms with van der Waals surface area (Å²) in [6.45, 7) is 0.215. The highest BCUT2D eigenvalue weighted by molar-refractivity contribution is 7.22. The Bertz CT molecular complexity index is 1380. The van der Waals surface area contributed by atoms with E-state index in [1.54, 1.807) is 11.3 Å². The predicted octanol–water partition coefficient (Wildman–Crippen LogP) is 6.06. The standard InChI is InChI=1S/C24H15NO3S/c26-24-18-10-15(6-8-20(18)27-13-25-24)14-5-7-19-17(9-14)11-21(28-19)23-12-16-3-1-2-4-22(16)29-23/h1-12H,13H2,(H,25,26). The summed E-state index contributed by atoms with van der Waals surface area (Å²) < 4.78 is 12.8. The lowest BCUT2D eigenvalue weighted by molar-refractivity contribution is 0.0883. The molecule has 1 aliphatic rings. The lowest BCUT2D eigenvalue weighted by Gasteiger charge is -2.18. The van der Waals surface area contributed by atoms with E-state index in [4.69, 9.17) is 9.15 Å². The summed E-state index contributed by atoms with van der Waals surface area (Å²) >= 11 is 1.73. The number of hydrogen-bond donors (Lipinski definition) is 1. The largest absolute Gasteiger partial charge is 0.472 e. The van der Waals surface area contributed by atoms with Gasteiger partial charge in [0.1, 0.15) is 17.1 Å². The van der Waals surface area contributed by atoms with Crippen LogP contribution in [0.5, 0.6) is 5.75 Å². The molecule has 3 aromatic carbocycles. The first-order valence-electron chi connectivity index (χ1n) is 9.33. The molecule has 1 aliphatic heterocycles. The first-order chi connectivity index (χ1) is 14.2. The summed E-state index contributed by atoms with van der Waals surface area (Å²) in [5, 5.41) is 4.96. The van der Waals surface area contributed by atoms with Crippen LogP contribution in [0, 0.1) is 0 Å². The van der Waals surface area contributed by atoms with Crippen molar-refractivity contribution < 1.29 is 13.9 Å². The highest BCUT2D eigenvalue weighted by Crippen LogP contribution is 2.37. The second-order valence-electron chi connectivity index (χ2n) is 7.02. The van der Waals surface area contributed by atoms with Crippen molar-refractivity contribution in [2.45, 2.75) is 0 Å². The molecule has 0 radical (unpaired) electrons. The van der Waals surface area contributed by atoms with Crippen molar-refractivity contribution in [3.05, 3.63) is 78.4 Å². The summed E-state index contributed by atoms with van der Waals surface area (Å²) in [7, 11) is 0. The number of carbonyl (C=O) groups excluding carboxylic acids is 1. The highest BCUT2D eigenvalue weighted by atomic mass is 32.1. The van der Waals surface area contributed by atoms with Gasteiger partial charge in [-0.05, 0) is 59.0 Å². The quantitative estimate of drug-likeness (QED) is 0.394. The molecule has 1 N–H and O–H groups in total. The minimum absolute atomic E-state index is 0.107. The predicted molar refractivity (Wildman–Crippen MR) is 115 cm³/mol. The molecule has 5 aromatic rings. The fraction of sp³-hybridized carbons (Fsp3) is 0.0417. The van der Waals surface area contributed by atoms with Gasteiger partial charge in [0.2, 0.25) is 0 Å². The zero-order valence-corrected chi connectivity index (χ0v) is 16.1. The van der Waals surface area contributed by atoms with Crippen molar-refractivity contribution in [1.82, 2.24) is 5.32 Å². The van der Waals surface area contributed by atoms with Crippen LogP contribution in [-0.2, 0) is 0 Å². The third-order valence-corrected chi connectivity index (χ3v) is 6.33. The van der Waals surface area contributed by atoms with Crippen LogP contribution < -0.4 is 10.1 Å². The van der Waals surface area contributed by atoms with E-state index in [9.17, 15) is 4.79 Å². The number of amides is 1. The van der Waals surface area contributed by atoms with Gasteiger partial charge in [0.15, 0.2) is 6.73 Å². The van der Waals surface area contributed by atoms with Crippen LogP contribution >= 0.6 is 11.3 Å². The molecule has 29 heavy (non-hydrogen) atoms. The molecule has 0 aliphatic carbocycles. The number of carbonyl (C=O) groups is 1. The third-order valence-electron chi connectivity index (χ3n) is 5.20. The van der Waals surface area contributed by atoms with Crippen LogP contribution in [0.4, 0.5) is 0 Å². The maximum absolute atomic E-state index is 12.1. The topological polar surface area (TPSA) is 51.5 Å².